The van der Waals surface area contributed by atoms with Crippen LogP contribution in [0.3, 0.4) is 0 Å². The van der Waals surface area contributed by atoms with E-state index in [1.807, 2.05) is 12.1 Å². The molecule has 6 heteroatoms. The number of nitrogens with zero attached hydrogens (tertiary/aromatic N) is 1. The van der Waals surface area contributed by atoms with Crippen LogP contribution in [0.2, 0.25) is 0 Å². The van der Waals surface area contributed by atoms with Crippen molar-refractivity contribution >= 4 is 49.5 Å². The van der Waals surface area contributed by atoms with Crippen LogP contribution >= 0.6 is 27.3 Å². The number of anilines is 2. The van der Waals surface area contributed by atoms with Crippen molar-refractivity contribution in [1.82, 2.24) is 10.2 Å². The summed E-state index contributed by atoms with van der Waals surface area (Å²) < 4.78 is 1.17. The lowest BCUT2D eigenvalue weighted by Crippen LogP contribution is -2.06. The fourth-order valence-corrected chi connectivity index (χ4v) is 3.45. The SMILES string of the molecule is Nc1cc2cn[nH]c2cc1NCCc1ccc(Br)s1. The van der Waals surface area contributed by atoms with E-state index in [9.17, 15) is 0 Å². The maximum Gasteiger partial charge on any atom is 0.0701 e. The molecule has 0 radical (unpaired) electrons. The highest BCUT2D eigenvalue weighted by atomic mass is 79.9. The first kappa shape index (κ1) is 12.5. The number of benzene rings is 1. The molecular weight excluding hydrogens is 324 g/mol. The molecule has 0 aliphatic rings. The maximum absolute atomic E-state index is 6.02. The highest BCUT2D eigenvalue weighted by Gasteiger charge is 2.04. The lowest BCUT2D eigenvalue weighted by atomic mass is 10.2. The maximum atomic E-state index is 6.02. The Morgan fingerprint density at radius 3 is 3.05 bits per heavy atom. The summed E-state index contributed by atoms with van der Waals surface area (Å²) in [5.74, 6) is 0. The highest BCUT2D eigenvalue weighted by molar-refractivity contribution is 9.11. The second kappa shape index (κ2) is 5.22. The number of hydrogen-bond donors (Lipinski definition) is 3. The van der Waals surface area contributed by atoms with Crippen molar-refractivity contribution in [3.63, 3.8) is 0 Å². The predicted octanol–water partition coefficient (Wildman–Crippen LogP) is 3.62. The van der Waals surface area contributed by atoms with Gasteiger partial charge in [-0.1, -0.05) is 0 Å². The molecule has 0 aliphatic heterocycles. The van der Waals surface area contributed by atoms with E-state index >= 15 is 0 Å². The van der Waals surface area contributed by atoms with Gasteiger partial charge in [0.05, 0.1) is 26.9 Å². The average molecular weight is 337 g/mol. The summed E-state index contributed by atoms with van der Waals surface area (Å²) in [4.78, 5) is 1.35. The van der Waals surface area contributed by atoms with E-state index in [1.165, 1.54) is 8.66 Å². The Morgan fingerprint density at radius 1 is 1.37 bits per heavy atom. The van der Waals surface area contributed by atoms with Crippen LogP contribution in [-0.4, -0.2) is 16.7 Å². The molecule has 0 bridgehead atoms. The van der Waals surface area contributed by atoms with E-state index in [4.69, 9.17) is 5.73 Å². The van der Waals surface area contributed by atoms with E-state index in [0.29, 0.717) is 0 Å². The molecule has 0 spiro atoms. The molecule has 3 rings (SSSR count). The first-order chi connectivity index (χ1) is 9.22. The minimum absolute atomic E-state index is 0.751. The number of hydrogen-bond acceptors (Lipinski definition) is 4. The zero-order valence-electron chi connectivity index (χ0n) is 10.1. The van der Waals surface area contributed by atoms with Crippen LogP contribution in [0.1, 0.15) is 4.88 Å². The third-order valence-electron chi connectivity index (χ3n) is 2.93. The molecule has 98 valence electrons. The fraction of sp³-hybridized carbons (Fsp3) is 0.154. The van der Waals surface area contributed by atoms with Crippen molar-refractivity contribution in [1.29, 1.82) is 0 Å². The van der Waals surface area contributed by atoms with Crippen LogP contribution in [-0.2, 0) is 6.42 Å². The molecule has 1 aromatic carbocycles. The van der Waals surface area contributed by atoms with Gasteiger partial charge in [0.2, 0.25) is 0 Å². The van der Waals surface area contributed by atoms with Crippen molar-refractivity contribution in [3.05, 3.63) is 39.1 Å². The van der Waals surface area contributed by atoms with Gasteiger partial charge in [0, 0.05) is 16.8 Å². The van der Waals surface area contributed by atoms with Crippen molar-refractivity contribution in [2.75, 3.05) is 17.6 Å². The number of thiophene rings is 1. The molecule has 0 fully saturated rings. The Morgan fingerprint density at radius 2 is 2.26 bits per heavy atom. The molecule has 0 aliphatic carbocycles. The summed E-state index contributed by atoms with van der Waals surface area (Å²) in [7, 11) is 0. The van der Waals surface area contributed by atoms with E-state index in [-0.39, 0.29) is 0 Å². The van der Waals surface area contributed by atoms with Gasteiger partial charge in [0.25, 0.3) is 0 Å². The van der Waals surface area contributed by atoms with Gasteiger partial charge < -0.3 is 11.1 Å². The van der Waals surface area contributed by atoms with Crippen molar-refractivity contribution in [2.45, 2.75) is 6.42 Å². The number of H-pyrrole nitrogens is 1. The highest BCUT2D eigenvalue weighted by Crippen LogP contribution is 2.25. The molecule has 0 unspecified atom stereocenters. The van der Waals surface area contributed by atoms with Gasteiger partial charge in [-0.2, -0.15) is 5.10 Å². The second-order valence-electron chi connectivity index (χ2n) is 4.28. The zero-order chi connectivity index (χ0) is 13.2. The van der Waals surface area contributed by atoms with Crippen molar-refractivity contribution < 1.29 is 0 Å². The van der Waals surface area contributed by atoms with E-state index in [2.05, 4.69) is 43.6 Å². The summed E-state index contributed by atoms with van der Waals surface area (Å²) in [6.45, 7) is 0.858. The van der Waals surface area contributed by atoms with Crippen LogP contribution in [0.15, 0.2) is 34.2 Å². The van der Waals surface area contributed by atoms with Gasteiger partial charge in [-0.25, -0.2) is 0 Å². The first-order valence-corrected chi connectivity index (χ1v) is 7.54. The van der Waals surface area contributed by atoms with Crippen LogP contribution in [0.25, 0.3) is 10.9 Å². The Labute approximate surface area is 123 Å². The number of nitrogens with one attached hydrogen (secondary N) is 2. The Bertz CT molecular complexity index is 704. The zero-order valence-corrected chi connectivity index (χ0v) is 12.5. The molecular formula is C13H13BrN4S. The monoisotopic (exact) mass is 336 g/mol. The Kier molecular flexibility index (Phi) is 3.44. The Balaban J connectivity index is 1.69. The minimum atomic E-state index is 0.751. The normalized spacial score (nSPS) is 11.0. The molecule has 3 aromatic rings. The van der Waals surface area contributed by atoms with E-state index < -0.39 is 0 Å². The second-order valence-corrected chi connectivity index (χ2v) is 6.83. The standard InChI is InChI=1S/C13H13BrN4S/c14-13-2-1-9(19-13)3-4-16-12-6-11-8(5-10(12)15)7-17-18-11/h1-2,5-7,16H,3-4,15H2,(H,17,18). The number of nitrogen functional groups attached to an aromatic ring is 1. The predicted molar refractivity (Wildman–Crippen MR) is 84.7 cm³/mol. The van der Waals surface area contributed by atoms with Crippen LogP contribution in [0.4, 0.5) is 11.4 Å². The van der Waals surface area contributed by atoms with Gasteiger partial charge in [-0.15, -0.1) is 11.3 Å². The van der Waals surface area contributed by atoms with Crippen LogP contribution in [0.5, 0.6) is 0 Å². The summed E-state index contributed by atoms with van der Waals surface area (Å²) >= 11 is 5.23. The third kappa shape index (κ3) is 2.74. The fourth-order valence-electron chi connectivity index (χ4n) is 1.97. The molecule has 4 nitrogen and oxygen atoms in total. The third-order valence-corrected chi connectivity index (χ3v) is 4.61. The molecule has 0 amide bonds. The molecule has 2 aromatic heterocycles. The van der Waals surface area contributed by atoms with Crippen molar-refractivity contribution in [2.24, 2.45) is 0 Å². The first-order valence-electron chi connectivity index (χ1n) is 5.93. The van der Waals surface area contributed by atoms with Crippen LogP contribution < -0.4 is 11.1 Å². The number of nitrogens with two attached hydrogens (primary N) is 1. The average Bonchev–Trinajstić information content (AvgIpc) is 2.98. The van der Waals surface area contributed by atoms with Crippen molar-refractivity contribution in [3.8, 4) is 0 Å². The molecule has 4 N–H and O–H groups in total. The molecule has 2 heterocycles. The van der Waals surface area contributed by atoms with E-state index in [1.54, 1.807) is 17.5 Å². The molecule has 19 heavy (non-hydrogen) atoms. The number of aromatic nitrogens is 2. The molecule has 0 atom stereocenters. The van der Waals surface area contributed by atoms with Gasteiger partial charge in [-0.3, -0.25) is 5.10 Å². The number of fused-ring (bicyclic) bond motifs is 1. The summed E-state index contributed by atoms with van der Waals surface area (Å²) in [6.07, 6.45) is 2.76. The van der Waals surface area contributed by atoms with Gasteiger partial charge >= 0.3 is 0 Å². The minimum Gasteiger partial charge on any atom is -0.397 e. The quantitative estimate of drug-likeness (QED) is 0.637. The Hall–Kier alpha value is -1.53. The largest absolute Gasteiger partial charge is 0.397 e. The lowest BCUT2D eigenvalue weighted by Gasteiger charge is -2.08. The topological polar surface area (TPSA) is 66.7 Å². The number of halogens is 1. The number of rotatable bonds is 4. The lowest BCUT2D eigenvalue weighted by molar-refractivity contribution is 1.05. The van der Waals surface area contributed by atoms with E-state index in [0.717, 1.165) is 35.2 Å². The van der Waals surface area contributed by atoms with Gasteiger partial charge in [0.1, 0.15) is 0 Å². The summed E-state index contributed by atoms with van der Waals surface area (Å²) in [5, 5.41) is 11.4. The summed E-state index contributed by atoms with van der Waals surface area (Å²) in [6, 6.07) is 8.15. The smallest absolute Gasteiger partial charge is 0.0701 e. The molecule has 0 saturated carbocycles. The number of aromatic amines is 1. The molecule has 0 saturated heterocycles. The van der Waals surface area contributed by atoms with Gasteiger partial charge in [0.15, 0.2) is 0 Å². The van der Waals surface area contributed by atoms with Crippen LogP contribution in [0, 0.1) is 0 Å². The summed E-state index contributed by atoms with van der Waals surface area (Å²) in [5.41, 5.74) is 8.72. The van der Waals surface area contributed by atoms with Gasteiger partial charge in [-0.05, 0) is 46.6 Å².